The third-order valence-electron chi connectivity index (χ3n) is 5.67. The number of aliphatic hydroxyl groups is 1. The zero-order valence-electron chi connectivity index (χ0n) is 18.5. The van der Waals surface area contributed by atoms with Crippen molar-refractivity contribution >= 4 is 16.9 Å². The summed E-state index contributed by atoms with van der Waals surface area (Å²) in [4.78, 5) is 27.9. The molecule has 0 radical (unpaired) electrons. The van der Waals surface area contributed by atoms with E-state index >= 15 is 0 Å². The van der Waals surface area contributed by atoms with Crippen molar-refractivity contribution in [1.82, 2.24) is 4.90 Å². The van der Waals surface area contributed by atoms with Crippen molar-refractivity contribution in [3.8, 4) is 11.5 Å². The van der Waals surface area contributed by atoms with Gasteiger partial charge in [-0.05, 0) is 42.2 Å². The zero-order valence-corrected chi connectivity index (χ0v) is 18.5. The second-order valence-corrected chi connectivity index (χ2v) is 8.24. The van der Waals surface area contributed by atoms with Gasteiger partial charge in [0, 0.05) is 6.54 Å². The van der Waals surface area contributed by atoms with E-state index in [-0.39, 0.29) is 29.9 Å². The number of aliphatic hydroxyl groups excluding tert-OH is 1. The molecule has 32 heavy (non-hydrogen) atoms. The van der Waals surface area contributed by atoms with Gasteiger partial charge in [0.05, 0.1) is 37.3 Å². The Kier molecular flexibility index (Phi) is 6.19. The van der Waals surface area contributed by atoms with Crippen molar-refractivity contribution in [3.63, 3.8) is 0 Å². The van der Waals surface area contributed by atoms with E-state index in [1.807, 2.05) is 6.07 Å². The summed E-state index contributed by atoms with van der Waals surface area (Å²) in [5.74, 6) is 1.23. The smallest absolute Gasteiger partial charge is 0.290 e. The van der Waals surface area contributed by atoms with Crippen molar-refractivity contribution in [2.24, 2.45) is 5.92 Å². The van der Waals surface area contributed by atoms with Crippen LogP contribution >= 0.6 is 0 Å². The Balaban J connectivity index is 1.81. The third-order valence-corrected chi connectivity index (χ3v) is 5.67. The molecule has 7 nitrogen and oxygen atoms in total. The van der Waals surface area contributed by atoms with Gasteiger partial charge in [0.2, 0.25) is 5.76 Å². The molecule has 1 N–H and O–H groups in total. The molecule has 0 saturated heterocycles. The number of hydrogen-bond donors (Lipinski definition) is 1. The Morgan fingerprint density at radius 1 is 1.12 bits per heavy atom. The number of hydrogen-bond acceptors (Lipinski definition) is 6. The van der Waals surface area contributed by atoms with Crippen molar-refractivity contribution < 1.29 is 23.8 Å². The number of methoxy groups -OCH3 is 1. The summed E-state index contributed by atoms with van der Waals surface area (Å²) in [5.41, 5.74) is 1.07. The topological polar surface area (TPSA) is 89.2 Å². The number of benzene rings is 2. The average molecular weight is 437 g/mol. The maximum absolute atomic E-state index is 13.4. The molecule has 1 atom stereocenters. The largest absolute Gasteiger partial charge is 0.493 e. The summed E-state index contributed by atoms with van der Waals surface area (Å²) >= 11 is 0. The van der Waals surface area contributed by atoms with Gasteiger partial charge in [-0.2, -0.15) is 0 Å². The molecular formula is C25H27NO6. The van der Waals surface area contributed by atoms with Crippen LogP contribution in [0.1, 0.15) is 48.0 Å². The molecule has 0 aliphatic carbocycles. The number of fused-ring (bicyclic) bond motifs is 2. The van der Waals surface area contributed by atoms with Crippen LogP contribution in [0, 0.1) is 5.92 Å². The minimum atomic E-state index is -0.691. The van der Waals surface area contributed by atoms with Gasteiger partial charge in [0.1, 0.15) is 5.58 Å². The number of rotatable bonds is 8. The van der Waals surface area contributed by atoms with Crippen LogP contribution in [0.25, 0.3) is 11.0 Å². The molecule has 1 aliphatic heterocycles. The fraction of sp³-hybridized carbons (Fsp3) is 0.360. The van der Waals surface area contributed by atoms with Crippen LogP contribution in [-0.2, 0) is 0 Å². The molecule has 1 aromatic heterocycles. The molecule has 2 heterocycles. The van der Waals surface area contributed by atoms with Gasteiger partial charge in [-0.25, -0.2) is 0 Å². The molecule has 1 aliphatic rings. The molecule has 0 spiro atoms. The van der Waals surface area contributed by atoms with Crippen LogP contribution < -0.4 is 14.9 Å². The molecule has 4 rings (SSSR count). The Morgan fingerprint density at radius 3 is 2.62 bits per heavy atom. The minimum Gasteiger partial charge on any atom is -0.493 e. The van der Waals surface area contributed by atoms with Crippen molar-refractivity contribution in [2.45, 2.75) is 26.3 Å². The van der Waals surface area contributed by atoms with Crippen LogP contribution in [0.4, 0.5) is 0 Å². The average Bonchev–Trinajstić information content (AvgIpc) is 3.06. The first-order valence-corrected chi connectivity index (χ1v) is 10.7. The molecule has 3 aromatic rings. The fourth-order valence-corrected chi connectivity index (χ4v) is 4.03. The van der Waals surface area contributed by atoms with Gasteiger partial charge in [0.15, 0.2) is 16.9 Å². The van der Waals surface area contributed by atoms with Crippen molar-refractivity contribution in [1.29, 1.82) is 0 Å². The first kappa shape index (κ1) is 21.9. The van der Waals surface area contributed by atoms with E-state index in [1.54, 1.807) is 43.5 Å². The van der Waals surface area contributed by atoms with Crippen LogP contribution in [0.3, 0.4) is 0 Å². The van der Waals surface area contributed by atoms with E-state index in [0.29, 0.717) is 40.6 Å². The molecule has 1 amide bonds. The molecule has 0 bridgehead atoms. The zero-order chi connectivity index (χ0) is 22.8. The third kappa shape index (κ3) is 3.84. The highest BCUT2D eigenvalue weighted by Crippen LogP contribution is 2.40. The molecule has 0 saturated carbocycles. The van der Waals surface area contributed by atoms with E-state index in [0.717, 1.165) is 6.42 Å². The molecular weight excluding hydrogens is 410 g/mol. The number of amides is 1. The second kappa shape index (κ2) is 9.04. The lowest BCUT2D eigenvalue weighted by Gasteiger charge is -2.25. The SMILES string of the molecule is COc1cc(C2c3c(oc4ccccc4c3=O)C(=O)N2CCO)ccc1OCCC(C)C. The maximum Gasteiger partial charge on any atom is 0.290 e. The van der Waals surface area contributed by atoms with Crippen LogP contribution in [-0.4, -0.2) is 42.8 Å². The predicted octanol–water partition coefficient (Wildman–Crippen LogP) is 3.76. The number of carbonyl (C=O) groups excluding carboxylic acids is 1. The number of carbonyl (C=O) groups is 1. The van der Waals surface area contributed by atoms with Crippen LogP contribution in [0.5, 0.6) is 11.5 Å². The van der Waals surface area contributed by atoms with Gasteiger partial charge < -0.3 is 23.9 Å². The van der Waals surface area contributed by atoms with E-state index in [9.17, 15) is 14.7 Å². The first-order chi connectivity index (χ1) is 15.5. The van der Waals surface area contributed by atoms with Crippen molar-refractivity contribution in [3.05, 3.63) is 69.6 Å². The number of ether oxygens (including phenoxy) is 2. The number of β-amino-alcohol motifs (C(OH)–C–C–N with tert-alkyl or cyclic N) is 1. The van der Waals surface area contributed by atoms with E-state index < -0.39 is 11.9 Å². The molecule has 1 unspecified atom stereocenters. The minimum absolute atomic E-state index is 0.0170. The monoisotopic (exact) mass is 437 g/mol. The van der Waals surface area contributed by atoms with E-state index in [2.05, 4.69) is 13.8 Å². The Labute approximate surface area is 186 Å². The highest BCUT2D eigenvalue weighted by atomic mass is 16.5. The van der Waals surface area contributed by atoms with E-state index in [1.165, 1.54) is 4.90 Å². The van der Waals surface area contributed by atoms with Gasteiger partial charge in [-0.15, -0.1) is 0 Å². The van der Waals surface area contributed by atoms with Gasteiger partial charge in [-0.3, -0.25) is 9.59 Å². The lowest BCUT2D eigenvalue weighted by Crippen LogP contribution is -2.32. The Bertz CT molecular complexity index is 1200. The summed E-state index contributed by atoms with van der Waals surface area (Å²) in [6.07, 6.45) is 0.911. The Hall–Kier alpha value is -3.32. The highest BCUT2D eigenvalue weighted by molar-refractivity contribution is 5.99. The summed E-state index contributed by atoms with van der Waals surface area (Å²) in [6, 6.07) is 11.6. The van der Waals surface area contributed by atoms with Gasteiger partial charge in [0.25, 0.3) is 5.91 Å². The Morgan fingerprint density at radius 2 is 1.91 bits per heavy atom. The summed E-state index contributed by atoms with van der Waals surface area (Å²) in [7, 11) is 1.55. The van der Waals surface area contributed by atoms with E-state index in [4.69, 9.17) is 13.9 Å². The standard InChI is InChI=1S/C25H27NO6/c1-15(2)10-13-31-19-9-8-16(14-20(19)30-3)22-21-23(28)17-6-4-5-7-18(17)32-24(21)25(29)26(22)11-12-27/h4-9,14-15,22,27H,10-13H2,1-3H3. The first-order valence-electron chi connectivity index (χ1n) is 10.7. The molecule has 7 heteroatoms. The normalized spacial score (nSPS) is 15.5. The number of nitrogens with zero attached hydrogens (tertiary/aromatic N) is 1. The van der Waals surface area contributed by atoms with Crippen molar-refractivity contribution in [2.75, 3.05) is 26.9 Å². The quantitative estimate of drug-likeness (QED) is 0.577. The summed E-state index contributed by atoms with van der Waals surface area (Å²) in [6.45, 7) is 4.65. The van der Waals surface area contributed by atoms with Gasteiger partial charge >= 0.3 is 0 Å². The maximum atomic E-state index is 13.4. The van der Waals surface area contributed by atoms with Crippen LogP contribution in [0.2, 0.25) is 0 Å². The second-order valence-electron chi connectivity index (χ2n) is 8.24. The van der Waals surface area contributed by atoms with Crippen LogP contribution in [0.15, 0.2) is 51.7 Å². The lowest BCUT2D eigenvalue weighted by molar-refractivity contribution is 0.0691. The predicted molar refractivity (Wildman–Crippen MR) is 120 cm³/mol. The molecule has 2 aromatic carbocycles. The fourth-order valence-electron chi connectivity index (χ4n) is 4.03. The molecule has 168 valence electrons. The number of para-hydroxylation sites is 1. The molecule has 0 fully saturated rings. The van der Waals surface area contributed by atoms with Gasteiger partial charge in [-0.1, -0.05) is 32.0 Å². The summed E-state index contributed by atoms with van der Waals surface area (Å²) in [5, 5.41) is 10.00. The highest BCUT2D eigenvalue weighted by Gasteiger charge is 2.42. The summed E-state index contributed by atoms with van der Waals surface area (Å²) < 4.78 is 17.3. The lowest BCUT2D eigenvalue weighted by atomic mass is 9.98.